The predicted molar refractivity (Wildman–Crippen MR) is 107 cm³/mol. The number of carbonyl (C=O) groups is 1. The Morgan fingerprint density at radius 2 is 2.11 bits per heavy atom. The zero-order valence-electron chi connectivity index (χ0n) is 14.9. The second-order valence-corrected chi connectivity index (χ2v) is 9.65. The van der Waals surface area contributed by atoms with Gasteiger partial charge in [-0.15, -0.1) is 0 Å². The van der Waals surface area contributed by atoms with E-state index < -0.39 is 15.8 Å². The molecule has 28 heavy (non-hydrogen) atoms. The van der Waals surface area contributed by atoms with Gasteiger partial charge in [-0.1, -0.05) is 11.8 Å². The molecule has 1 atom stereocenters. The Morgan fingerprint density at radius 3 is 2.68 bits per heavy atom. The van der Waals surface area contributed by atoms with Gasteiger partial charge in [0, 0.05) is 18.5 Å². The number of fused-ring (bicyclic) bond motifs is 1. The van der Waals surface area contributed by atoms with E-state index in [1.807, 2.05) is 0 Å². The number of carboxylic acid groups (broad SMARTS) is 1. The molecule has 1 aliphatic heterocycles. The largest absolute Gasteiger partial charge is 0.481 e. The Kier molecular flexibility index (Phi) is 5.22. The Hall–Kier alpha value is -2.78. The van der Waals surface area contributed by atoms with Crippen molar-refractivity contribution < 1.29 is 18.3 Å². The van der Waals surface area contributed by atoms with Crippen LogP contribution in [0.5, 0.6) is 0 Å². The monoisotopic (exact) mass is 422 g/mol. The highest BCUT2D eigenvalue weighted by molar-refractivity contribution is 7.99. The van der Waals surface area contributed by atoms with E-state index >= 15 is 0 Å². The molecule has 0 aliphatic carbocycles. The van der Waals surface area contributed by atoms with Gasteiger partial charge in [0.25, 0.3) is 0 Å². The van der Waals surface area contributed by atoms with Gasteiger partial charge in [0.1, 0.15) is 29.1 Å². The lowest BCUT2D eigenvalue weighted by molar-refractivity contribution is -0.133. The van der Waals surface area contributed by atoms with Crippen LogP contribution in [0.4, 0.5) is 17.5 Å². The maximum Gasteiger partial charge on any atom is 0.313 e. The number of thioether (sulfide) groups is 1. The van der Waals surface area contributed by atoms with Crippen molar-refractivity contribution >= 4 is 55.8 Å². The average molecular weight is 422 g/mol. The number of carboxylic acids is 1. The molecule has 3 heterocycles. The van der Waals surface area contributed by atoms with Gasteiger partial charge < -0.3 is 21.5 Å². The molecule has 10 nitrogen and oxygen atoms in total. The number of hydrogen-bond donors (Lipinski definition) is 3. The fourth-order valence-corrected chi connectivity index (χ4v) is 5.59. The Balaban J connectivity index is 2.14. The zero-order valence-corrected chi connectivity index (χ0v) is 16.5. The minimum absolute atomic E-state index is 0.0216. The fraction of sp³-hybridized carbons (Fsp3) is 0.375. The summed E-state index contributed by atoms with van der Waals surface area (Å²) in [5.74, 6) is -0.794. The molecular formula is C16H18N6O4S2. The first kappa shape index (κ1) is 20.0. The summed E-state index contributed by atoms with van der Waals surface area (Å²) in [6, 6.07) is 3.33. The molecule has 2 aromatic rings. The Morgan fingerprint density at radius 1 is 1.43 bits per heavy atom. The molecule has 0 bridgehead atoms. The number of sulfone groups is 1. The number of nitrogen functional groups attached to an aromatic ring is 2. The van der Waals surface area contributed by atoms with E-state index in [9.17, 15) is 18.5 Å². The molecule has 0 saturated carbocycles. The van der Waals surface area contributed by atoms with Crippen LogP contribution in [-0.4, -0.2) is 59.8 Å². The van der Waals surface area contributed by atoms with Crippen molar-refractivity contribution in [3.05, 3.63) is 11.6 Å². The highest BCUT2D eigenvalue weighted by Gasteiger charge is 2.33. The molecular weight excluding hydrogens is 404 g/mol. The molecule has 0 radical (unpaired) electrons. The molecule has 148 valence electrons. The molecule has 0 amide bonds. The SMILES string of the molecule is CN(c1nc(N)c2c(N)nc(SCC(=O)O)cc2c1C#N)C1CCS(=O)(=O)C1. The number of nitrogens with zero attached hydrogens (tertiary/aromatic N) is 4. The quantitative estimate of drug-likeness (QED) is 0.570. The number of nitrogens with two attached hydrogens (primary N) is 2. The van der Waals surface area contributed by atoms with Gasteiger partial charge in [-0.2, -0.15) is 5.26 Å². The second kappa shape index (κ2) is 7.33. The summed E-state index contributed by atoms with van der Waals surface area (Å²) >= 11 is 0.968. The van der Waals surface area contributed by atoms with Gasteiger partial charge in [-0.25, -0.2) is 18.4 Å². The van der Waals surface area contributed by atoms with Gasteiger partial charge in [-0.05, 0) is 12.5 Å². The van der Waals surface area contributed by atoms with E-state index in [0.29, 0.717) is 22.2 Å². The number of anilines is 3. The van der Waals surface area contributed by atoms with Crippen LogP contribution in [0.3, 0.4) is 0 Å². The molecule has 1 aliphatic rings. The summed E-state index contributed by atoms with van der Waals surface area (Å²) in [6.45, 7) is 0. The van der Waals surface area contributed by atoms with Crippen LogP contribution >= 0.6 is 11.8 Å². The molecule has 0 aromatic carbocycles. The lowest BCUT2D eigenvalue weighted by atomic mass is 10.1. The highest BCUT2D eigenvalue weighted by Crippen LogP contribution is 2.36. The van der Waals surface area contributed by atoms with Crippen LogP contribution in [0.2, 0.25) is 0 Å². The molecule has 1 unspecified atom stereocenters. The van der Waals surface area contributed by atoms with Gasteiger partial charge in [0.05, 0.1) is 27.7 Å². The topological polar surface area (TPSA) is 176 Å². The third kappa shape index (κ3) is 3.76. The first-order chi connectivity index (χ1) is 13.1. The Labute approximate surface area is 165 Å². The minimum Gasteiger partial charge on any atom is -0.481 e. The van der Waals surface area contributed by atoms with E-state index in [2.05, 4.69) is 16.0 Å². The number of aromatic nitrogens is 2. The summed E-state index contributed by atoms with van der Waals surface area (Å²) in [5, 5.41) is 19.7. The van der Waals surface area contributed by atoms with Crippen LogP contribution in [0, 0.1) is 11.3 Å². The van der Waals surface area contributed by atoms with E-state index in [-0.39, 0.29) is 46.3 Å². The lowest BCUT2D eigenvalue weighted by Gasteiger charge is -2.26. The van der Waals surface area contributed by atoms with Crippen molar-refractivity contribution in [2.24, 2.45) is 0 Å². The summed E-state index contributed by atoms with van der Waals surface area (Å²) in [7, 11) is -1.45. The third-order valence-corrected chi connectivity index (χ3v) is 7.19. The predicted octanol–water partition coefficient (Wildman–Crippen LogP) is 0.466. The summed E-state index contributed by atoms with van der Waals surface area (Å²) < 4.78 is 23.6. The maximum absolute atomic E-state index is 11.8. The number of nitriles is 1. The van der Waals surface area contributed by atoms with E-state index in [1.54, 1.807) is 18.0 Å². The fourth-order valence-electron chi connectivity index (χ4n) is 3.18. The van der Waals surface area contributed by atoms with Crippen LogP contribution in [0.1, 0.15) is 12.0 Å². The molecule has 2 aromatic heterocycles. The van der Waals surface area contributed by atoms with Crippen molar-refractivity contribution in [2.45, 2.75) is 17.5 Å². The summed E-state index contributed by atoms with van der Waals surface area (Å²) in [5.41, 5.74) is 12.2. The van der Waals surface area contributed by atoms with Gasteiger partial charge in [0.15, 0.2) is 9.84 Å². The summed E-state index contributed by atoms with van der Waals surface area (Å²) in [6.07, 6.45) is 0.432. The van der Waals surface area contributed by atoms with Crippen molar-refractivity contribution in [2.75, 3.05) is 40.7 Å². The van der Waals surface area contributed by atoms with Gasteiger partial charge in [-0.3, -0.25) is 4.79 Å². The Bertz CT molecular complexity index is 1110. The van der Waals surface area contributed by atoms with Crippen molar-refractivity contribution in [1.82, 2.24) is 9.97 Å². The third-order valence-electron chi connectivity index (χ3n) is 4.54. The maximum atomic E-state index is 11.8. The smallest absolute Gasteiger partial charge is 0.313 e. The highest BCUT2D eigenvalue weighted by atomic mass is 32.2. The van der Waals surface area contributed by atoms with Crippen LogP contribution < -0.4 is 16.4 Å². The van der Waals surface area contributed by atoms with Gasteiger partial charge >= 0.3 is 5.97 Å². The first-order valence-electron chi connectivity index (χ1n) is 8.20. The lowest BCUT2D eigenvalue weighted by Crippen LogP contribution is -2.34. The van der Waals surface area contributed by atoms with Crippen LogP contribution in [0.25, 0.3) is 10.8 Å². The first-order valence-corrected chi connectivity index (χ1v) is 11.0. The number of rotatable bonds is 5. The van der Waals surface area contributed by atoms with Gasteiger partial charge in [0.2, 0.25) is 0 Å². The zero-order chi connectivity index (χ0) is 20.6. The van der Waals surface area contributed by atoms with Crippen LogP contribution in [-0.2, 0) is 14.6 Å². The summed E-state index contributed by atoms with van der Waals surface area (Å²) in [4.78, 5) is 20.9. The van der Waals surface area contributed by atoms with Crippen LogP contribution in [0.15, 0.2) is 11.1 Å². The molecule has 3 rings (SSSR count). The van der Waals surface area contributed by atoms with Crippen molar-refractivity contribution in [3.63, 3.8) is 0 Å². The van der Waals surface area contributed by atoms with E-state index in [0.717, 1.165) is 11.8 Å². The molecule has 1 saturated heterocycles. The number of hydrogen-bond acceptors (Lipinski definition) is 10. The van der Waals surface area contributed by atoms with E-state index in [4.69, 9.17) is 16.6 Å². The molecule has 5 N–H and O–H groups in total. The molecule has 12 heteroatoms. The minimum atomic E-state index is -3.12. The normalized spacial score (nSPS) is 18.1. The average Bonchev–Trinajstić information content (AvgIpc) is 2.98. The van der Waals surface area contributed by atoms with Crippen molar-refractivity contribution in [1.29, 1.82) is 5.26 Å². The molecule has 1 fully saturated rings. The molecule has 0 spiro atoms. The number of aliphatic carboxylic acids is 1. The number of pyridine rings is 2. The van der Waals surface area contributed by atoms with E-state index in [1.165, 1.54) is 0 Å². The second-order valence-electron chi connectivity index (χ2n) is 6.43. The van der Waals surface area contributed by atoms with Crippen molar-refractivity contribution in [3.8, 4) is 6.07 Å². The standard InChI is InChI=1S/C16H18N6O4S2/c1-22(8-2-3-28(25,26)7-8)16-10(5-17)9-4-11(27-6-12(23)24)20-14(18)13(9)15(19)21-16/h4,8H,2-3,6-7H2,1H3,(H2,18,20)(H2,19,21)(H,23,24).